The maximum absolute atomic E-state index is 13.2. The summed E-state index contributed by atoms with van der Waals surface area (Å²) in [5.41, 5.74) is -0.0213. The fourth-order valence-corrected chi connectivity index (χ4v) is 10.5. The first-order valence-corrected chi connectivity index (χ1v) is 17.7. The van der Waals surface area contributed by atoms with Gasteiger partial charge in [0.2, 0.25) is 0 Å². The van der Waals surface area contributed by atoms with E-state index in [1.165, 1.54) is 13.8 Å². The molecule has 5 rings (SSSR count). The molecule has 5 aliphatic rings. The van der Waals surface area contributed by atoms with E-state index in [9.17, 15) is 28.8 Å². The predicted molar refractivity (Wildman–Crippen MR) is 169 cm³/mol. The minimum atomic E-state index is -1.49. The SMILES string of the molecule is COC(=O)C1O[C@@H](O[C@@H]2CCC3(C)C(CCC4C3CCC3(C)C(C(=O)COC(C)=O)CCC43)C2)[C@H](OC(C)=O)[C@@H](OC(C)=O)[C@@H]1OC(C)=O. The molecule has 13 heteroatoms. The van der Waals surface area contributed by atoms with Crippen LogP contribution in [0.1, 0.15) is 99.3 Å². The Labute approximate surface area is 287 Å². The Morgan fingerprint density at radius 3 is 1.94 bits per heavy atom. The van der Waals surface area contributed by atoms with Crippen molar-refractivity contribution in [1.82, 2.24) is 0 Å². The van der Waals surface area contributed by atoms with Crippen molar-refractivity contribution in [2.45, 2.75) is 136 Å². The highest BCUT2D eigenvalue weighted by atomic mass is 16.7. The molecule has 13 atom stereocenters. The molecule has 0 bridgehead atoms. The summed E-state index contributed by atoms with van der Waals surface area (Å²) in [4.78, 5) is 73.8. The number of ether oxygens (including phenoxy) is 7. The van der Waals surface area contributed by atoms with Gasteiger partial charge < -0.3 is 33.2 Å². The molecule has 1 saturated heterocycles. The van der Waals surface area contributed by atoms with E-state index < -0.39 is 60.6 Å². The van der Waals surface area contributed by atoms with Crippen LogP contribution < -0.4 is 0 Å². The Kier molecular flexibility index (Phi) is 11.1. The standard InChI is InChI=1S/C36H52O13/c1-18(37)44-17-28(41)27-11-10-25-24-9-8-22-16-23(12-14-35(22,5)26(24)13-15-36(25,27)6)48-34-32(47-21(4)40)30(46-20(3)39)29(45-19(2)38)31(49-34)33(42)43-7/h22-27,29-32,34H,8-17H2,1-7H3/t22?,23-,24?,25?,26?,27?,29+,30+,31?,32-,34-,35?,36?/m1/s1. The fraction of sp³-hybridized carbons (Fsp3) is 0.833. The first-order chi connectivity index (χ1) is 23.1. The molecule has 0 spiro atoms. The first kappa shape index (κ1) is 37.2. The third-order valence-corrected chi connectivity index (χ3v) is 12.6. The van der Waals surface area contributed by atoms with Gasteiger partial charge in [0.15, 0.2) is 36.5 Å². The Balaban J connectivity index is 1.31. The number of esters is 5. The number of Topliss-reactive ketones (excluding diaryl/α,β-unsaturated/α-hetero) is 1. The van der Waals surface area contributed by atoms with Crippen molar-refractivity contribution in [3.05, 3.63) is 0 Å². The van der Waals surface area contributed by atoms with Gasteiger partial charge in [-0.05, 0) is 92.3 Å². The van der Waals surface area contributed by atoms with E-state index in [0.29, 0.717) is 30.1 Å². The van der Waals surface area contributed by atoms with E-state index in [2.05, 4.69) is 13.8 Å². The van der Waals surface area contributed by atoms with Gasteiger partial charge in [-0.15, -0.1) is 0 Å². The number of ketones is 1. The second-order valence-electron chi connectivity index (χ2n) is 15.3. The van der Waals surface area contributed by atoms with Gasteiger partial charge in [-0.25, -0.2) is 4.79 Å². The van der Waals surface area contributed by atoms with Crippen molar-refractivity contribution in [3.63, 3.8) is 0 Å². The zero-order chi connectivity index (χ0) is 35.8. The van der Waals surface area contributed by atoms with Crippen molar-refractivity contribution in [2.24, 2.45) is 40.4 Å². The zero-order valence-electron chi connectivity index (χ0n) is 29.7. The average molecular weight is 693 g/mol. The van der Waals surface area contributed by atoms with Gasteiger partial charge in [-0.2, -0.15) is 0 Å². The molecular formula is C36H52O13. The molecule has 0 N–H and O–H groups in total. The summed E-state index contributed by atoms with van der Waals surface area (Å²) in [7, 11) is 1.16. The average Bonchev–Trinajstić information content (AvgIpc) is 3.39. The molecule has 49 heavy (non-hydrogen) atoms. The predicted octanol–water partition coefficient (Wildman–Crippen LogP) is 3.86. The van der Waals surface area contributed by atoms with Crippen LogP contribution in [0.2, 0.25) is 0 Å². The highest BCUT2D eigenvalue weighted by Crippen LogP contribution is 2.67. The van der Waals surface area contributed by atoms with Crippen molar-refractivity contribution in [2.75, 3.05) is 13.7 Å². The van der Waals surface area contributed by atoms with E-state index in [1.807, 2.05) is 0 Å². The topological polar surface area (TPSA) is 167 Å². The maximum Gasteiger partial charge on any atom is 0.339 e. The van der Waals surface area contributed by atoms with Gasteiger partial charge in [0.25, 0.3) is 0 Å². The van der Waals surface area contributed by atoms with E-state index in [-0.39, 0.29) is 35.2 Å². The normalized spacial score (nSPS) is 41.2. The molecule has 0 aromatic heterocycles. The molecule has 0 radical (unpaired) electrons. The Morgan fingerprint density at radius 2 is 1.31 bits per heavy atom. The van der Waals surface area contributed by atoms with Gasteiger partial charge >= 0.3 is 29.8 Å². The highest BCUT2D eigenvalue weighted by Gasteiger charge is 2.62. The quantitative estimate of drug-likeness (QED) is 0.194. The summed E-state index contributed by atoms with van der Waals surface area (Å²) in [6, 6.07) is 0. The van der Waals surface area contributed by atoms with Crippen LogP contribution in [0.5, 0.6) is 0 Å². The number of carbonyl (C=O) groups is 6. The van der Waals surface area contributed by atoms with Crippen molar-refractivity contribution in [1.29, 1.82) is 0 Å². The number of rotatable bonds is 9. The fourth-order valence-electron chi connectivity index (χ4n) is 10.5. The molecular weight excluding hydrogens is 640 g/mol. The molecule has 274 valence electrons. The molecule has 13 nitrogen and oxygen atoms in total. The summed E-state index contributed by atoms with van der Waals surface area (Å²) in [6.07, 6.45) is 1.01. The van der Waals surface area contributed by atoms with Crippen LogP contribution in [-0.2, 0) is 61.9 Å². The summed E-state index contributed by atoms with van der Waals surface area (Å²) in [6.45, 7) is 9.35. The molecule has 1 heterocycles. The number of hydrogen-bond donors (Lipinski definition) is 0. The minimum absolute atomic E-state index is 0.0396. The molecule has 0 amide bonds. The largest absolute Gasteiger partial charge is 0.467 e. The lowest BCUT2D eigenvalue weighted by Crippen LogP contribution is -2.64. The van der Waals surface area contributed by atoms with Crippen molar-refractivity contribution in [3.8, 4) is 0 Å². The van der Waals surface area contributed by atoms with Crippen LogP contribution in [0.15, 0.2) is 0 Å². The molecule has 0 aromatic carbocycles. The van der Waals surface area contributed by atoms with E-state index >= 15 is 0 Å². The van der Waals surface area contributed by atoms with Crippen LogP contribution in [0.3, 0.4) is 0 Å². The molecule has 4 saturated carbocycles. The molecule has 5 fully saturated rings. The van der Waals surface area contributed by atoms with Gasteiger partial charge in [0, 0.05) is 33.6 Å². The van der Waals surface area contributed by atoms with Gasteiger partial charge in [-0.1, -0.05) is 13.8 Å². The lowest BCUT2D eigenvalue weighted by atomic mass is 9.44. The number of fused-ring (bicyclic) bond motifs is 5. The van der Waals surface area contributed by atoms with Crippen molar-refractivity contribution < 1.29 is 61.9 Å². The van der Waals surface area contributed by atoms with E-state index in [1.54, 1.807) is 0 Å². The van der Waals surface area contributed by atoms with Crippen LogP contribution in [-0.4, -0.2) is 86.2 Å². The number of methoxy groups -OCH3 is 1. The van der Waals surface area contributed by atoms with Crippen LogP contribution >= 0.6 is 0 Å². The van der Waals surface area contributed by atoms with E-state index in [4.69, 9.17) is 33.2 Å². The minimum Gasteiger partial charge on any atom is -0.467 e. The summed E-state index contributed by atoms with van der Waals surface area (Å²) < 4.78 is 39.0. The first-order valence-electron chi connectivity index (χ1n) is 17.7. The summed E-state index contributed by atoms with van der Waals surface area (Å²) in [5, 5.41) is 0. The molecule has 4 aliphatic carbocycles. The van der Waals surface area contributed by atoms with Crippen LogP contribution in [0.25, 0.3) is 0 Å². The Morgan fingerprint density at radius 1 is 0.694 bits per heavy atom. The Bertz CT molecular complexity index is 1310. The highest BCUT2D eigenvalue weighted by molar-refractivity contribution is 5.85. The number of carbonyl (C=O) groups excluding carboxylic acids is 6. The molecule has 0 aromatic rings. The smallest absolute Gasteiger partial charge is 0.339 e. The van der Waals surface area contributed by atoms with Gasteiger partial charge in [0.05, 0.1) is 13.2 Å². The molecule has 1 aliphatic heterocycles. The molecule has 8 unspecified atom stereocenters. The lowest BCUT2D eigenvalue weighted by Gasteiger charge is -2.61. The van der Waals surface area contributed by atoms with Crippen LogP contribution in [0, 0.1) is 40.4 Å². The Hall–Kier alpha value is -3.06. The van der Waals surface area contributed by atoms with Gasteiger partial charge in [0.1, 0.15) is 6.61 Å². The van der Waals surface area contributed by atoms with Crippen LogP contribution in [0.4, 0.5) is 0 Å². The lowest BCUT2D eigenvalue weighted by molar-refractivity contribution is -0.315. The van der Waals surface area contributed by atoms with Gasteiger partial charge in [-0.3, -0.25) is 24.0 Å². The van der Waals surface area contributed by atoms with Crippen molar-refractivity contribution >= 4 is 35.6 Å². The summed E-state index contributed by atoms with van der Waals surface area (Å²) in [5.74, 6) is -1.71. The third-order valence-electron chi connectivity index (χ3n) is 12.6. The maximum atomic E-state index is 13.2. The number of hydrogen-bond acceptors (Lipinski definition) is 13. The second kappa shape index (κ2) is 14.7. The second-order valence-corrected chi connectivity index (χ2v) is 15.3. The monoisotopic (exact) mass is 692 g/mol. The zero-order valence-corrected chi connectivity index (χ0v) is 29.7. The van der Waals surface area contributed by atoms with E-state index in [0.717, 1.165) is 72.3 Å². The third kappa shape index (κ3) is 7.38. The summed E-state index contributed by atoms with van der Waals surface area (Å²) >= 11 is 0.